The molecule has 2 atom stereocenters. The zero-order valence-electron chi connectivity index (χ0n) is 9.66. The lowest BCUT2D eigenvalue weighted by Crippen LogP contribution is -2.19. The molecule has 3 rings (SSSR count). The molecule has 4 nitrogen and oxygen atoms in total. The van der Waals surface area contributed by atoms with Gasteiger partial charge in [-0.2, -0.15) is 0 Å². The van der Waals surface area contributed by atoms with Gasteiger partial charge in [0, 0.05) is 31.7 Å². The molecule has 0 aromatic carbocycles. The number of hydrogen-bond acceptors (Lipinski definition) is 4. The SMILES string of the molecule is COCCNCc1noc2c1C1CCC2C1. The molecular weight excluding hydrogens is 204 g/mol. The minimum Gasteiger partial charge on any atom is -0.383 e. The first kappa shape index (κ1) is 10.3. The van der Waals surface area contributed by atoms with E-state index in [4.69, 9.17) is 9.26 Å². The van der Waals surface area contributed by atoms with E-state index < -0.39 is 0 Å². The third kappa shape index (κ3) is 1.57. The fourth-order valence-electron chi connectivity index (χ4n) is 3.07. The highest BCUT2D eigenvalue weighted by molar-refractivity contribution is 5.37. The van der Waals surface area contributed by atoms with Gasteiger partial charge in [0.15, 0.2) is 0 Å². The van der Waals surface area contributed by atoms with Crippen LogP contribution in [0.2, 0.25) is 0 Å². The quantitative estimate of drug-likeness (QED) is 0.771. The summed E-state index contributed by atoms with van der Waals surface area (Å²) in [5.41, 5.74) is 2.54. The zero-order valence-corrected chi connectivity index (χ0v) is 9.66. The van der Waals surface area contributed by atoms with Crippen LogP contribution in [-0.2, 0) is 11.3 Å². The molecule has 4 heteroatoms. The van der Waals surface area contributed by atoms with Crippen molar-refractivity contribution in [2.24, 2.45) is 0 Å². The van der Waals surface area contributed by atoms with Crippen LogP contribution in [0.1, 0.15) is 48.1 Å². The van der Waals surface area contributed by atoms with E-state index in [1.165, 1.54) is 30.6 Å². The molecule has 0 radical (unpaired) electrons. The van der Waals surface area contributed by atoms with Crippen LogP contribution in [0.25, 0.3) is 0 Å². The Labute approximate surface area is 95.3 Å². The Bertz CT molecular complexity index is 375. The molecule has 2 aliphatic rings. The largest absolute Gasteiger partial charge is 0.383 e. The van der Waals surface area contributed by atoms with E-state index in [0.29, 0.717) is 5.92 Å². The summed E-state index contributed by atoms with van der Waals surface area (Å²) in [6, 6.07) is 0. The molecule has 1 aromatic heterocycles. The first-order valence-corrected chi connectivity index (χ1v) is 6.08. The lowest BCUT2D eigenvalue weighted by atomic mass is 9.96. The maximum absolute atomic E-state index is 5.48. The molecule has 0 saturated heterocycles. The summed E-state index contributed by atoms with van der Waals surface area (Å²) in [4.78, 5) is 0. The van der Waals surface area contributed by atoms with Crippen LogP contribution in [0.15, 0.2) is 4.52 Å². The van der Waals surface area contributed by atoms with Crippen LogP contribution in [0.4, 0.5) is 0 Å². The Morgan fingerprint density at radius 1 is 1.44 bits per heavy atom. The molecule has 0 spiro atoms. The standard InChI is InChI=1S/C12H18N2O2/c1-15-5-4-13-7-10-11-8-2-3-9(6-8)12(11)16-14-10/h8-9,13H,2-7H2,1H3. The number of rotatable bonds is 5. The predicted molar refractivity (Wildman–Crippen MR) is 59.4 cm³/mol. The van der Waals surface area contributed by atoms with Gasteiger partial charge in [-0.05, 0) is 25.2 Å². The van der Waals surface area contributed by atoms with Crippen LogP contribution < -0.4 is 5.32 Å². The number of hydrogen-bond donors (Lipinski definition) is 1. The Balaban J connectivity index is 1.66. The monoisotopic (exact) mass is 222 g/mol. The van der Waals surface area contributed by atoms with Crippen molar-refractivity contribution < 1.29 is 9.26 Å². The fourth-order valence-corrected chi connectivity index (χ4v) is 3.07. The highest BCUT2D eigenvalue weighted by Crippen LogP contribution is 2.54. The van der Waals surface area contributed by atoms with Gasteiger partial charge in [-0.3, -0.25) is 0 Å². The van der Waals surface area contributed by atoms with Crippen molar-refractivity contribution in [1.82, 2.24) is 10.5 Å². The topological polar surface area (TPSA) is 47.3 Å². The molecular formula is C12H18N2O2. The lowest BCUT2D eigenvalue weighted by molar-refractivity contribution is 0.199. The molecule has 0 aliphatic heterocycles. The lowest BCUT2D eigenvalue weighted by Gasteiger charge is -2.09. The first-order chi connectivity index (χ1) is 7.90. The summed E-state index contributed by atoms with van der Waals surface area (Å²) in [5.74, 6) is 2.57. The number of aromatic nitrogens is 1. The normalized spacial score (nSPS) is 26.3. The molecule has 1 heterocycles. The van der Waals surface area contributed by atoms with Crippen molar-refractivity contribution in [3.05, 3.63) is 17.0 Å². The van der Waals surface area contributed by atoms with Gasteiger partial charge < -0.3 is 14.6 Å². The summed E-state index contributed by atoms with van der Waals surface area (Å²) < 4.78 is 10.5. The average Bonchev–Trinajstić information content (AvgIpc) is 2.97. The number of fused-ring (bicyclic) bond motifs is 5. The highest BCUT2D eigenvalue weighted by atomic mass is 16.5. The van der Waals surface area contributed by atoms with E-state index in [2.05, 4.69) is 10.5 Å². The van der Waals surface area contributed by atoms with Crippen molar-refractivity contribution in [2.45, 2.75) is 37.6 Å². The zero-order chi connectivity index (χ0) is 11.0. The minimum atomic E-state index is 0.667. The van der Waals surface area contributed by atoms with Crippen molar-refractivity contribution in [2.75, 3.05) is 20.3 Å². The summed E-state index contributed by atoms with van der Waals surface area (Å²) >= 11 is 0. The Morgan fingerprint density at radius 2 is 2.31 bits per heavy atom. The first-order valence-electron chi connectivity index (χ1n) is 6.08. The van der Waals surface area contributed by atoms with Gasteiger partial charge in [-0.15, -0.1) is 0 Å². The van der Waals surface area contributed by atoms with E-state index in [1.54, 1.807) is 7.11 Å². The maximum atomic E-state index is 5.48. The van der Waals surface area contributed by atoms with Gasteiger partial charge >= 0.3 is 0 Å². The molecule has 0 amide bonds. The molecule has 88 valence electrons. The van der Waals surface area contributed by atoms with Gasteiger partial charge in [0.25, 0.3) is 0 Å². The Kier molecular flexibility index (Phi) is 2.69. The van der Waals surface area contributed by atoms with E-state index in [-0.39, 0.29) is 0 Å². The molecule has 1 aromatic rings. The summed E-state index contributed by atoms with van der Waals surface area (Å²) in [6.07, 6.45) is 3.91. The van der Waals surface area contributed by atoms with E-state index in [0.717, 1.165) is 31.3 Å². The number of ether oxygens (including phenoxy) is 1. The predicted octanol–water partition coefficient (Wildman–Crippen LogP) is 1.78. The highest BCUT2D eigenvalue weighted by Gasteiger charge is 2.42. The van der Waals surface area contributed by atoms with Gasteiger partial charge in [0.05, 0.1) is 6.61 Å². The molecule has 16 heavy (non-hydrogen) atoms. The fraction of sp³-hybridized carbons (Fsp3) is 0.750. The van der Waals surface area contributed by atoms with Crippen LogP contribution >= 0.6 is 0 Å². The van der Waals surface area contributed by atoms with Crippen molar-refractivity contribution >= 4 is 0 Å². The number of nitrogens with zero attached hydrogens (tertiary/aromatic N) is 1. The third-order valence-electron chi connectivity index (χ3n) is 3.82. The molecule has 2 aliphatic carbocycles. The average molecular weight is 222 g/mol. The van der Waals surface area contributed by atoms with Crippen LogP contribution in [0.3, 0.4) is 0 Å². The molecule has 1 fully saturated rings. The van der Waals surface area contributed by atoms with E-state index in [1.807, 2.05) is 0 Å². The number of nitrogens with one attached hydrogen (secondary N) is 1. The van der Waals surface area contributed by atoms with Crippen molar-refractivity contribution in [3.8, 4) is 0 Å². The van der Waals surface area contributed by atoms with Gasteiger partial charge in [0.1, 0.15) is 11.5 Å². The Morgan fingerprint density at radius 3 is 3.19 bits per heavy atom. The molecule has 2 bridgehead atoms. The van der Waals surface area contributed by atoms with E-state index in [9.17, 15) is 0 Å². The second kappa shape index (κ2) is 4.18. The van der Waals surface area contributed by atoms with Crippen LogP contribution in [-0.4, -0.2) is 25.4 Å². The van der Waals surface area contributed by atoms with Gasteiger partial charge in [0.2, 0.25) is 0 Å². The van der Waals surface area contributed by atoms with Crippen molar-refractivity contribution in [1.29, 1.82) is 0 Å². The molecule has 2 unspecified atom stereocenters. The smallest absolute Gasteiger partial charge is 0.143 e. The molecule has 1 N–H and O–H groups in total. The van der Waals surface area contributed by atoms with Crippen LogP contribution in [0.5, 0.6) is 0 Å². The maximum Gasteiger partial charge on any atom is 0.143 e. The summed E-state index contributed by atoms with van der Waals surface area (Å²) in [6.45, 7) is 2.42. The van der Waals surface area contributed by atoms with Crippen LogP contribution in [0, 0.1) is 0 Å². The van der Waals surface area contributed by atoms with Gasteiger partial charge in [-0.1, -0.05) is 5.16 Å². The molecule has 1 saturated carbocycles. The number of methoxy groups -OCH3 is 1. The minimum absolute atomic E-state index is 0.667. The second-order valence-electron chi connectivity index (χ2n) is 4.78. The third-order valence-corrected chi connectivity index (χ3v) is 3.82. The van der Waals surface area contributed by atoms with E-state index >= 15 is 0 Å². The van der Waals surface area contributed by atoms with Gasteiger partial charge in [-0.25, -0.2) is 0 Å². The summed E-state index contributed by atoms with van der Waals surface area (Å²) in [5, 5.41) is 7.53. The van der Waals surface area contributed by atoms with Crippen molar-refractivity contribution in [3.63, 3.8) is 0 Å². The summed E-state index contributed by atoms with van der Waals surface area (Å²) in [7, 11) is 1.72. The Hall–Kier alpha value is -0.870. The second-order valence-corrected chi connectivity index (χ2v) is 4.78.